The molecule has 4 heterocycles. The molecule has 0 aromatic carbocycles. The van der Waals surface area contributed by atoms with E-state index in [4.69, 9.17) is 4.74 Å². The largest absolute Gasteiger partial charge is 0.377 e. The highest BCUT2D eigenvalue weighted by Crippen LogP contribution is 2.42. The van der Waals surface area contributed by atoms with Crippen LogP contribution in [0.25, 0.3) is 0 Å². The molecule has 0 atom stereocenters. The van der Waals surface area contributed by atoms with Gasteiger partial charge in [0.15, 0.2) is 10.9 Å². The summed E-state index contributed by atoms with van der Waals surface area (Å²) in [5.74, 6) is 1.89. The second kappa shape index (κ2) is 6.99. The molecular weight excluding hydrogens is 368 g/mol. The molecule has 0 saturated carbocycles. The van der Waals surface area contributed by atoms with Gasteiger partial charge >= 0.3 is 0 Å². The number of imidazole rings is 1. The summed E-state index contributed by atoms with van der Waals surface area (Å²) in [6, 6.07) is 0. The topological polar surface area (TPSA) is 95.1 Å². The van der Waals surface area contributed by atoms with Crippen molar-refractivity contribution in [1.29, 1.82) is 0 Å². The summed E-state index contributed by atoms with van der Waals surface area (Å²) in [7, 11) is -0.0643. The van der Waals surface area contributed by atoms with Gasteiger partial charge in [-0.05, 0) is 31.1 Å². The Morgan fingerprint density at radius 3 is 2.56 bits per heavy atom. The van der Waals surface area contributed by atoms with E-state index >= 15 is 0 Å². The van der Waals surface area contributed by atoms with Crippen molar-refractivity contribution < 1.29 is 13.2 Å². The number of ether oxygens (including phenoxy) is 1. The first-order valence-corrected chi connectivity index (χ1v) is 10.8. The summed E-state index contributed by atoms with van der Waals surface area (Å²) in [5.41, 5.74) is 0.168. The highest BCUT2D eigenvalue weighted by molar-refractivity contribution is 7.89. The summed E-state index contributed by atoms with van der Waals surface area (Å²) in [5, 5.41) is 8.70. The van der Waals surface area contributed by atoms with Crippen LogP contribution >= 0.6 is 0 Å². The van der Waals surface area contributed by atoms with Crippen LogP contribution in [0, 0.1) is 5.41 Å². The van der Waals surface area contributed by atoms with Gasteiger partial charge in [0.05, 0.1) is 6.33 Å². The van der Waals surface area contributed by atoms with Gasteiger partial charge in [0.1, 0.15) is 12.4 Å². The maximum atomic E-state index is 12.8. The molecule has 2 aliphatic heterocycles. The lowest BCUT2D eigenvalue weighted by Gasteiger charge is -2.40. The van der Waals surface area contributed by atoms with Crippen molar-refractivity contribution in [3.05, 3.63) is 24.2 Å². The molecule has 2 aliphatic rings. The van der Waals surface area contributed by atoms with Crippen LogP contribution in [0.4, 0.5) is 0 Å². The Hall–Kier alpha value is -1.78. The molecule has 9 nitrogen and oxygen atoms in total. The third-order valence-corrected chi connectivity index (χ3v) is 7.77. The molecule has 1 saturated heterocycles. The number of aromatic nitrogens is 5. The average molecular weight is 395 g/mol. The van der Waals surface area contributed by atoms with E-state index in [0.717, 1.165) is 50.3 Å². The Kier molecular flexibility index (Phi) is 4.81. The van der Waals surface area contributed by atoms with Crippen LogP contribution in [0.3, 0.4) is 0 Å². The molecule has 0 aliphatic carbocycles. The molecule has 10 heteroatoms. The van der Waals surface area contributed by atoms with Crippen molar-refractivity contribution in [1.82, 2.24) is 28.6 Å². The molecule has 4 rings (SSSR count). The van der Waals surface area contributed by atoms with E-state index in [0.29, 0.717) is 19.7 Å². The Balaban J connectivity index is 1.44. The van der Waals surface area contributed by atoms with Crippen LogP contribution in [0.5, 0.6) is 0 Å². The van der Waals surface area contributed by atoms with Gasteiger partial charge in [-0.2, -0.15) is 4.31 Å². The molecule has 1 spiro atoms. The second-order valence-electron chi connectivity index (χ2n) is 7.65. The standard InChI is InChI=1S/C17H26N6O3S/c1-21-11-16(18-13-21)27(24,25)22-8-5-17(6-9-22)4-3-14-19-20-15(12-26-2)23(14)10-7-17/h11,13H,3-10,12H2,1-2H3. The minimum Gasteiger partial charge on any atom is -0.377 e. The highest BCUT2D eigenvalue weighted by Gasteiger charge is 2.40. The smallest absolute Gasteiger partial charge is 0.262 e. The van der Waals surface area contributed by atoms with Crippen LogP contribution < -0.4 is 0 Å². The van der Waals surface area contributed by atoms with Crippen molar-refractivity contribution in [3.8, 4) is 0 Å². The first kappa shape index (κ1) is 18.6. The van der Waals surface area contributed by atoms with Crippen molar-refractivity contribution in [2.75, 3.05) is 20.2 Å². The fourth-order valence-corrected chi connectivity index (χ4v) is 5.67. The number of fused-ring (bicyclic) bond motifs is 1. The molecule has 2 aromatic heterocycles. The lowest BCUT2D eigenvalue weighted by Crippen LogP contribution is -2.43. The van der Waals surface area contributed by atoms with Gasteiger partial charge in [-0.25, -0.2) is 13.4 Å². The third-order valence-electron chi connectivity index (χ3n) is 5.99. The quantitative estimate of drug-likeness (QED) is 0.767. The predicted molar refractivity (Wildman–Crippen MR) is 97.3 cm³/mol. The summed E-state index contributed by atoms with van der Waals surface area (Å²) >= 11 is 0. The number of hydrogen-bond donors (Lipinski definition) is 0. The van der Waals surface area contributed by atoms with E-state index in [1.54, 1.807) is 29.2 Å². The van der Waals surface area contributed by atoms with Crippen LogP contribution in [0.1, 0.15) is 37.3 Å². The summed E-state index contributed by atoms with van der Waals surface area (Å²) < 4.78 is 36.3. The fraction of sp³-hybridized carbons (Fsp3) is 0.706. The van der Waals surface area contributed by atoms with Gasteiger partial charge in [0.25, 0.3) is 10.0 Å². The van der Waals surface area contributed by atoms with E-state index in [2.05, 4.69) is 19.7 Å². The highest BCUT2D eigenvalue weighted by atomic mass is 32.2. The number of nitrogens with zero attached hydrogens (tertiary/aromatic N) is 6. The number of methoxy groups -OCH3 is 1. The minimum atomic E-state index is -3.51. The maximum absolute atomic E-state index is 12.8. The molecule has 1 fully saturated rings. The first-order valence-electron chi connectivity index (χ1n) is 9.32. The van der Waals surface area contributed by atoms with Crippen molar-refractivity contribution in [2.45, 2.75) is 50.3 Å². The predicted octanol–water partition coefficient (Wildman–Crippen LogP) is 0.965. The average Bonchev–Trinajstić information content (AvgIpc) is 3.22. The van der Waals surface area contributed by atoms with E-state index in [-0.39, 0.29) is 10.4 Å². The monoisotopic (exact) mass is 394 g/mol. The van der Waals surface area contributed by atoms with Crippen LogP contribution in [0.2, 0.25) is 0 Å². The van der Waals surface area contributed by atoms with E-state index in [1.165, 1.54) is 6.33 Å². The van der Waals surface area contributed by atoms with Crippen LogP contribution in [0.15, 0.2) is 17.6 Å². The SMILES string of the molecule is COCc1nnc2n1CCC1(CC2)CCN(S(=O)(=O)c2cn(C)cn2)CC1. The van der Waals surface area contributed by atoms with E-state index in [9.17, 15) is 8.42 Å². The Morgan fingerprint density at radius 1 is 1.15 bits per heavy atom. The van der Waals surface area contributed by atoms with E-state index < -0.39 is 10.0 Å². The van der Waals surface area contributed by atoms with Crippen LogP contribution in [-0.2, 0) is 41.4 Å². The number of piperidine rings is 1. The summed E-state index contributed by atoms with van der Waals surface area (Å²) in [4.78, 5) is 4.03. The minimum absolute atomic E-state index is 0.136. The molecule has 2 aromatic rings. The fourth-order valence-electron chi connectivity index (χ4n) is 4.26. The van der Waals surface area contributed by atoms with Gasteiger partial charge in [-0.3, -0.25) is 0 Å². The van der Waals surface area contributed by atoms with Gasteiger partial charge in [0.2, 0.25) is 0 Å². The molecule has 27 heavy (non-hydrogen) atoms. The maximum Gasteiger partial charge on any atom is 0.262 e. The molecule has 0 bridgehead atoms. The van der Waals surface area contributed by atoms with Crippen molar-refractivity contribution in [3.63, 3.8) is 0 Å². The normalized spacial score (nSPS) is 20.5. The molecule has 0 radical (unpaired) electrons. The zero-order chi connectivity index (χ0) is 19.1. The van der Waals surface area contributed by atoms with Gasteiger partial charge < -0.3 is 13.9 Å². The van der Waals surface area contributed by atoms with E-state index in [1.807, 2.05) is 0 Å². The van der Waals surface area contributed by atoms with Gasteiger partial charge in [0, 0.05) is 46.4 Å². The zero-order valence-corrected chi connectivity index (χ0v) is 16.7. The Morgan fingerprint density at radius 2 is 1.89 bits per heavy atom. The lowest BCUT2D eigenvalue weighted by molar-refractivity contribution is 0.127. The molecular formula is C17H26N6O3S. The second-order valence-corrected chi connectivity index (χ2v) is 9.53. The number of hydrogen-bond acceptors (Lipinski definition) is 6. The zero-order valence-electron chi connectivity index (χ0n) is 15.8. The molecule has 0 N–H and O–H groups in total. The molecule has 148 valence electrons. The number of rotatable bonds is 4. The number of sulfonamides is 1. The number of aryl methyl sites for hydroxylation is 2. The summed E-state index contributed by atoms with van der Waals surface area (Å²) in [6.45, 7) is 2.43. The Bertz CT molecular complexity index is 911. The van der Waals surface area contributed by atoms with Crippen molar-refractivity contribution >= 4 is 10.0 Å². The van der Waals surface area contributed by atoms with Gasteiger partial charge in [-0.15, -0.1) is 10.2 Å². The van der Waals surface area contributed by atoms with Gasteiger partial charge in [-0.1, -0.05) is 0 Å². The third kappa shape index (κ3) is 3.41. The lowest BCUT2D eigenvalue weighted by atomic mass is 9.73. The molecule has 0 unspecified atom stereocenters. The first-order chi connectivity index (χ1) is 12.9. The Labute approximate surface area is 159 Å². The summed E-state index contributed by atoms with van der Waals surface area (Å²) in [6.07, 6.45) is 7.75. The van der Waals surface area contributed by atoms with Crippen LogP contribution in [-0.4, -0.2) is 57.2 Å². The molecule has 0 amide bonds. The van der Waals surface area contributed by atoms with Crippen molar-refractivity contribution in [2.24, 2.45) is 12.5 Å².